The molecule has 0 aromatic heterocycles. The third kappa shape index (κ3) is 8.50. The van der Waals surface area contributed by atoms with Crippen LogP contribution in [0, 0.1) is 0 Å². The molecule has 0 aliphatic carbocycles. The largest absolute Gasteiger partial charge is 0.480 e. The number of nitrogens with zero attached hydrogens (tertiary/aromatic N) is 2. The molecule has 4 unspecified atom stereocenters. The molecule has 13 heteroatoms. The second kappa shape index (κ2) is 14.0. The number of nitrogens with two attached hydrogens (primary N) is 3. The highest BCUT2D eigenvalue weighted by Crippen LogP contribution is 2.20. The van der Waals surface area contributed by atoms with Crippen LogP contribution < -0.4 is 27.8 Å². The van der Waals surface area contributed by atoms with E-state index in [-0.39, 0.29) is 31.9 Å². The summed E-state index contributed by atoms with van der Waals surface area (Å²) < 4.78 is 0. The van der Waals surface area contributed by atoms with Crippen LogP contribution in [0.5, 0.6) is 0 Å². The van der Waals surface area contributed by atoms with Crippen molar-refractivity contribution in [1.29, 1.82) is 0 Å². The lowest BCUT2D eigenvalue weighted by Crippen LogP contribution is -2.57. The molecule has 13 nitrogen and oxygen atoms in total. The van der Waals surface area contributed by atoms with Crippen LogP contribution in [0.25, 0.3) is 0 Å². The number of benzene rings is 1. The summed E-state index contributed by atoms with van der Waals surface area (Å²) in [6.45, 7) is -0.298. The SMILES string of the molecule is NC(N)=NCCCC(NC(=O)C(N)Cc1ccccc1)C(=O)N1CCCC1C(=O)NC(CO)C(=O)O. The number of carbonyl (C=O) groups is 4. The van der Waals surface area contributed by atoms with Crippen molar-refractivity contribution in [3.63, 3.8) is 0 Å². The number of aliphatic imine (C=N–C) groups is 1. The zero-order chi connectivity index (χ0) is 26.7. The van der Waals surface area contributed by atoms with E-state index in [0.29, 0.717) is 19.3 Å². The molecule has 1 fully saturated rings. The summed E-state index contributed by atoms with van der Waals surface area (Å²) in [5.74, 6) is -3.19. The van der Waals surface area contributed by atoms with E-state index in [0.717, 1.165) is 5.56 Å². The molecule has 1 heterocycles. The van der Waals surface area contributed by atoms with Gasteiger partial charge in [0.25, 0.3) is 0 Å². The van der Waals surface area contributed by atoms with Crippen LogP contribution in [-0.4, -0.2) is 88.6 Å². The average molecular weight is 506 g/mol. The number of carboxylic acids is 1. The number of aliphatic carboxylic acids is 1. The lowest BCUT2D eigenvalue weighted by molar-refractivity contribution is -0.145. The number of aliphatic hydroxyl groups is 1. The standard InChI is InChI=1S/C23H35N7O6/c24-15(12-14-6-2-1-3-7-14)19(32)28-16(8-4-10-27-23(25)26)21(34)30-11-5-9-18(30)20(33)29-17(13-31)22(35)36/h1-3,6-7,15-18,31H,4-5,8-13,24H2,(H,28,32)(H,29,33)(H,35,36)(H4,25,26,27). The van der Waals surface area contributed by atoms with E-state index in [9.17, 15) is 24.3 Å². The summed E-state index contributed by atoms with van der Waals surface area (Å²) in [6, 6.07) is 4.89. The predicted molar refractivity (Wildman–Crippen MR) is 131 cm³/mol. The fourth-order valence-electron chi connectivity index (χ4n) is 3.96. The zero-order valence-electron chi connectivity index (χ0n) is 20.0. The van der Waals surface area contributed by atoms with Crippen molar-refractivity contribution in [3.05, 3.63) is 35.9 Å². The molecule has 0 saturated carbocycles. The minimum Gasteiger partial charge on any atom is -0.480 e. The van der Waals surface area contributed by atoms with Gasteiger partial charge in [0.05, 0.1) is 12.6 Å². The Labute approximate surface area is 209 Å². The number of amides is 3. The van der Waals surface area contributed by atoms with E-state index in [2.05, 4.69) is 15.6 Å². The van der Waals surface area contributed by atoms with Crippen LogP contribution in [-0.2, 0) is 25.6 Å². The van der Waals surface area contributed by atoms with E-state index in [1.54, 1.807) is 0 Å². The maximum Gasteiger partial charge on any atom is 0.328 e. The number of rotatable bonds is 13. The third-order valence-corrected chi connectivity index (χ3v) is 5.83. The van der Waals surface area contributed by atoms with E-state index in [4.69, 9.17) is 22.3 Å². The minimum atomic E-state index is -1.49. The second-order valence-corrected chi connectivity index (χ2v) is 8.58. The summed E-state index contributed by atoms with van der Waals surface area (Å²) in [5, 5.41) is 23.3. The van der Waals surface area contributed by atoms with Crippen molar-refractivity contribution in [2.45, 2.75) is 56.3 Å². The predicted octanol–water partition coefficient (Wildman–Crippen LogP) is -2.35. The Morgan fingerprint density at radius 3 is 2.42 bits per heavy atom. The van der Waals surface area contributed by atoms with Crippen molar-refractivity contribution < 1.29 is 29.4 Å². The van der Waals surface area contributed by atoms with E-state index >= 15 is 0 Å². The maximum absolute atomic E-state index is 13.4. The summed E-state index contributed by atoms with van der Waals surface area (Å²) in [7, 11) is 0. The fourth-order valence-corrected chi connectivity index (χ4v) is 3.96. The number of aliphatic hydroxyl groups excluding tert-OH is 1. The van der Waals surface area contributed by atoms with Gasteiger partial charge in [-0.3, -0.25) is 19.4 Å². The Bertz CT molecular complexity index is 938. The summed E-state index contributed by atoms with van der Waals surface area (Å²) >= 11 is 0. The van der Waals surface area contributed by atoms with Gasteiger partial charge in [-0.25, -0.2) is 4.79 Å². The molecular weight excluding hydrogens is 470 g/mol. The molecule has 0 radical (unpaired) electrons. The van der Waals surface area contributed by atoms with Gasteiger partial charge in [0.2, 0.25) is 17.7 Å². The molecule has 198 valence electrons. The van der Waals surface area contributed by atoms with Gasteiger partial charge in [-0.1, -0.05) is 30.3 Å². The number of nitrogens with one attached hydrogen (secondary N) is 2. The first-order valence-electron chi connectivity index (χ1n) is 11.7. The molecule has 3 amide bonds. The average Bonchev–Trinajstić information content (AvgIpc) is 3.34. The summed E-state index contributed by atoms with van der Waals surface area (Å²) in [4.78, 5) is 55.4. The van der Waals surface area contributed by atoms with Crippen LogP contribution in [0.2, 0.25) is 0 Å². The number of hydrogen-bond acceptors (Lipinski definition) is 7. The normalized spacial score (nSPS) is 17.5. The van der Waals surface area contributed by atoms with Gasteiger partial charge in [-0.2, -0.15) is 0 Å². The minimum absolute atomic E-state index is 0.0973. The Hall–Kier alpha value is -3.71. The molecule has 10 N–H and O–H groups in total. The van der Waals surface area contributed by atoms with Gasteiger partial charge in [0.1, 0.15) is 18.1 Å². The maximum atomic E-state index is 13.4. The Morgan fingerprint density at radius 2 is 1.81 bits per heavy atom. The molecule has 1 saturated heterocycles. The van der Waals surface area contributed by atoms with E-state index in [1.165, 1.54) is 4.90 Å². The van der Waals surface area contributed by atoms with Crippen LogP contribution in [0.1, 0.15) is 31.2 Å². The monoisotopic (exact) mass is 505 g/mol. The van der Waals surface area contributed by atoms with Gasteiger partial charge in [0.15, 0.2) is 5.96 Å². The molecule has 1 aliphatic heterocycles. The molecule has 1 aliphatic rings. The van der Waals surface area contributed by atoms with Crippen LogP contribution in [0.4, 0.5) is 0 Å². The Balaban J connectivity index is 2.12. The molecule has 4 atom stereocenters. The molecule has 1 aromatic rings. The highest BCUT2D eigenvalue weighted by molar-refractivity contribution is 5.94. The van der Waals surface area contributed by atoms with Crippen molar-refractivity contribution in [1.82, 2.24) is 15.5 Å². The topological polar surface area (TPSA) is 226 Å². The van der Waals surface area contributed by atoms with Crippen molar-refractivity contribution in [3.8, 4) is 0 Å². The van der Waals surface area contributed by atoms with Gasteiger partial charge < -0.3 is 42.9 Å². The summed E-state index contributed by atoms with van der Waals surface area (Å²) in [5.41, 5.74) is 17.6. The number of guanidine groups is 1. The Kier molecular flexibility index (Phi) is 11.1. The smallest absolute Gasteiger partial charge is 0.328 e. The van der Waals surface area contributed by atoms with Crippen molar-refractivity contribution >= 4 is 29.7 Å². The van der Waals surface area contributed by atoms with Crippen molar-refractivity contribution in [2.24, 2.45) is 22.2 Å². The van der Waals surface area contributed by atoms with E-state index < -0.39 is 54.5 Å². The quantitative estimate of drug-likeness (QED) is 0.0863. The molecule has 0 spiro atoms. The Morgan fingerprint density at radius 1 is 1.11 bits per heavy atom. The van der Waals surface area contributed by atoms with Crippen LogP contribution in [0.15, 0.2) is 35.3 Å². The molecule has 36 heavy (non-hydrogen) atoms. The lowest BCUT2D eigenvalue weighted by atomic mass is 10.0. The zero-order valence-corrected chi connectivity index (χ0v) is 20.0. The number of carbonyl (C=O) groups excluding carboxylic acids is 3. The van der Waals surface area contributed by atoms with Crippen LogP contribution in [0.3, 0.4) is 0 Å². The first kappa shape index (κ1) is 28.5. The van der Waals surface area contributed by atoms with E-state index in [1.807, 2.05) is 30.3 Å². The van der Waals surface area contributed by atoms with Gasteiger partial charge >= 0.3 is 5.97 Å². The lowest BCUT2D eigenvalue weighted by Gasteiger charge is -2.30. The molecule has 1 aromatic carbocycles. The van der Waals surface area contributed by atoms with Gasteiger partial charge in [-0.05, 0) is 37.7 Å². The van der Waals surface area contributed by atoms with Crippen molar-refractivity contribution in [2.75, 3.05) is 19.7 Å². The first-order chi connectivity index (χ1) is 17.1. The first-order valence-corrected chi connectivity index (χ1v) is 11.7. The van der Waals surface area contributed by atoms with Gasteiger partial charge in [-0.15, -0.1) is 0 Å². The molecule has 0 bridgehead atoms. The molecular formula is C23H35N7O6. The number of likely N-dealkylation sites (tertiary alicyclic amines) is 1. The highest BCUT2D eigenvalue weighted by atomic mass is 16.4. The summed E-state index contributed by atoms with van der Waals surface area (Å²) in [6.07, 6.45) is 1.67. The van der Waals surface area contributed by atoms with Crippen LogP contribution >= 0.6 is 0 Å². The number of hydrogen-bond donors (Lipinski definition) is 7. The third-order valence-electron chi connectivity index (χ3n) is 5.83. The number of carboxylic acid groups (broad SMARTS) is 1. The molecule has 2 rings (SSSR count). The highest BCUT2D eigenvalue weighted by Gasteiger charge is 2.39. The van der Waals surface area contributed by atoms with Gasteiger partial charge in [0, 0.05) is 13.1 Å². The fraction of sp³-hybridized carbons (Fsp3) is 0.522. The second-order valence-electron chi connectivity index (χ2n) is 8.58.